The van der Waals surface area contributed by atoms with E-state index < -0.39 is 0 Å². The molecule has 0 radical (unpaired) electrons. The van der Waals surface area contributed by atoms with Gasteiger partial charge in [-0.3, -0.25) is 9.80 Å². The Balaban J connectivity index is 2.79. The second-order valence-electron chi connectivity index (χ2n) is 6.14. The molecule has 2 nitrogen and oxygen atoms in total. The molecular formula is C12H26N2. The monoisotopic (exact) mass is 198 g/mol. The first-order valence-corrected chi connectivity index (χ1v) is 5.67. The van der Waals surface area contributed by atoms with Gasteiger partial charge in [-0.15, -0.1) is 0 Å². The van der Waals surface area contributed by atoms with E-state index in [1.54, 1.807) is 0 Å². The van der Waals surface area contributed by atoms with Crippen LogP contribution < -0.4 is 0 Å². The Bertz CT molecular complexity index is 193. The predicted octanol–water partition coefficient (Wildman–Crippen LogP) is 2.26. The lowest BCUT2D eigenvalue weighted by Crippen LogP contribution is -2.44. The molecule has 0 spiro atoms. The molecule has 2 atom stereocenters. The molecule has 0 aromatic heterocycles. The van der Waals surface area contributed by atoms with Crippen molar-refractivity contribution >= 4 is 0 Å². The number of hydrogen-bond acceptors (Lipinski definition) is 2. The molecule has 1 fully saturated rings. The van der Waals surface area contributed by atoms with Crippen molar-refractivity contribution in [2.45, 2.75) is 46.8 Å². The number of nitrogens with zero attached hydrogens (tertiary/aromatic N) is 2. The molecule has 0 aliphatic carbocycles. The maximum absolute atomic E-state index is 2.55. The van der Waals surface area contributed by atoms with Crippen molar-refractivity contribution in [2.24, 2.45) is 11.3 Å². The Morgan fingerprint density at radius 3 is 1.86 bits per heavy atom. The molecule has 0 aromatic carbocycles. The van der Waals surface area contributed by atoms with Crippen LogP contribution in [-0.2, 0) is 0 Å². The molecule has 2 heteroatoms. The largest absolute Gasteiger partial charge is 0.289 e. The Morgan fingerprint density at radius 2 is 1.64 bits per heavy atom. The van der Waals surface area contributed by atoms with E-state index >= 15 is 0 Å². The van der Waals surface area contributed by atoms with E-state index in [4.69, 9.17) is 0 Å². The molecule has 1 heterocycles. The molecule has 1 aliphatic rings. The van der Waals surface area contributed by atoms with Crippen molar-refractivity contribution < 1.29 is 0 Å². The molecule has 0 aromatic rings. The average molecular weight is 198 g/mol. The van der Waals surface area contributed by atoms with Crippen LogP contribution in [0.15, 0.2) is 0 Å². The van der Waals surface area contributed by atoms with Gasteiger partial charge in [-0.25, -0.2) is 0 Å². The van der Waals surface area contributed by atoms with Gasteiger partial charge < -0.3 is 0 Å². The van der Waals surface area contributed by atoms with Gasteiger partial charge in [0.15, 0.2) is 0 Å². The van der Waals surface area contributed by atoms with Gasteiger partial charge in [-0.1, -0.05) is 34.6 Å². The zero-order valence-corrected chi connectivity index (χ0v) is 10.8. The summed E-state index contributed by atoms with van der Waals surface area (Å²) in [4.78, 5) is 5.03. The van der Waals surface area contributed by atoms with E-state index in [1.165, 1.54) is 6.54 Å². The second kappa shape index (κ2) is 3.82. The van der Waals surface area contributed by atoms with E-state index in [9.17, 15) is 0 Å². The van der Waals surface area contributed by atoms with E-state index in [-0.39, 0.29) is 0 Å². The van der Waals surface area contributed by atoms with Crippen molar-refractivity contribution in [3.8, 4) is 0 Å². The van der Waals surface area contributed by atoms with E-state index in [0.29, 0.717) is 23.5 Å². The van der Waals surface area contributed by atoms with Gasteiger partial charge in [-0.2, -0.15) is 0 Å². The van der Waals surface area contributed by atoms with Crippen LogP contribution in [0.25, 0.3) is 0 Å². The SMILES string of the molecule is CC(C)C1N(C)CC(C(C)(C)C)N1C. The quantitative estimate of drug-likeness (QED) is 0.638. The molecular weight excluding hydrogens is 172 g/mol. The smallest absolute Gasteiger partial charge is 0.0644 e. The summed E-state index contributed by atoms with van der Waals surface area (Å²) in [5.74, 6) is 0.706. The van der Waals surface area contributed by atoms with Gasteiger partial charge in [0.05, 0.1) is 6.17 Å². The first kappa shape index (κ1) is 12.0. The van der Waals surface area contributed by atoms with Gasteiger partial charge in [0.1, 0.15) is 0 Å². The summed E-state index contributed by atoms with van der Waals surface area (Å²) in [6, 6.07) is 0.680. The van der Waals surface area contributed by atoms with E-state index in [1.807, 2.05) is 0 Å². The molecule has 1 saturated heterocycles. The first-order valence-electron chi connectivity index (χ1n) is 5.67. The Labute approximate surface area is 89.3 Å². The number of hydrogen-bond donors (Lipinski definition) is 0. The van der Waals surface area contributed by atoms with Gasteiger partial charge in [0.25, 0.3) is 0 Å². The van der Waals surface area contributed by atoms with Crippen LogP contribution >= 0.6 is 0 Å². The summed E-state index contributed by atoms with van der Waals surface area (Å²) in [5, 5.41) is 0. The lowest BCUT2D eigenvalue weighted by atomic mass is 9.86. The molecule has 14 heavy (non-hydrogen) atoms. The van der Waals surface area contributed by atoms with Gasteiger partial charge in [-0.05, 0) is 25.4 Å². The van der Waals surface area contributed by atoms with Gasteiger partial charge >= 0.3 is 0 Å². The van der Waals surface area contributed by atoms with Crippen LogP contribution in [-0.4, -0.2) is 42.6 Å². The highest BCUT2D eigenvalue weighted by atomic mass is 15.4. The average Bonchev–Trinajstić information content (AvgIpc) is 2.24. The topological polar surface area (TPSA) is 6.48 Å². The Hall–Kier alpha value is -0.0800. The zero-order valence-electron chi connectivity index (χ0n) is 10.8. The Kier molecular flexibility index (Phi) is 3.27. The summed E-state index contributed by atoms with van der Waals surface area (Å²) in [5.41, 5.74) is 0.382. The lowest BCUT2D eigenvalue weighted by Gasteiger charge is -2.35. The van der Waals surface area contributed by atoms with Crippen molar-refractivity contribution in [2.75, 3.05) is 20.6 Å². The van der Waals surface area contributed by atoms with Crippen molar-refractivity contribution in [3.63, 3.8) is 0 Å². The number of likely N-dealkylation sites (N-methyl/N-ethyl adjacent to an activating group) is 2. The summed E-state index contributed by atoms with van der Waals surface area (Å²) in [7, 11) is 4.51. The molecule has 0 saturated carbocycles. The molecule has 1 aliphatic heterocycles. The molecule has 0 bridgehead atoms. The van der Waals surface area contributed by atoms with Crippen LogP contribution in [0.1, 0.15) is 34.6 Å². The molecule has 2 unspecified atom stereocenters. The minimum absolute atomic E-state index is 0.382. The van der Waals surface area contributed by atoms with Crippen LogP contribution in [0, 0.1) is 11.3 Å². The summed E-state index contributed by atoms with van der Waals surface area (Å²) in [6.45, 7) is 12.8. The maximum Gasteiger partial charge on any atom is 0.0644 e. The molecule has 0 N–H and O–H groups in total. The normalized spacial score (nSPS) is 31.7. The standard InChI is InChI=1S/C12H26N2/c1-9(2)11-13(6)8-10(14(11)7)12(3,4)5/h9-11H,8H2,1-7H3. The van der Waals surface area contributed by atoms with Crippen LogP contribution in [0.2, 0.25) is 0 Å². The van der Waals surface area contributed by atoms with Gasteiger partial charge in [0, 0.05) is 12.6 Å². The van der Waals surface area contributed by atoms with Crippen molar-refractivity contribution in [1.29, 1.82) is 0 Å². The summed E-state index contributed by atoms with van der Waals surface area (Å²) in [6.07, 6.45) is 0.610. The highest BCUT2D eigenvalue weighted by Crippen LogP contribution is 2.33. The second-order valence-corrected chi connectivity index (χ2v) is 6.14. The van der Waals surface area contributed by atoms with Crippen LogP contribution in [0.5, 0.6) is 0 Å². The fraction of sp³-hybridized carbons (Fsp3) is 1.00. The minimum atomic E-state index is 0.382. The fourth-order valence-electron chi connectivity index (χ4n) is 2.87. The molecule has 0 amide bonds. The lowest BCUT2D eigenvalue weighted by molar-refractivity contribution is 0.0905. The number of rotatable bonds is 1. The van der Waals surface area contributed by atoms with Crippen LogP contribution in [0.4, 0.5) is 0 Å². The third-order valence-electron chi connectivity index (χ3n) is 3.42. The summed E-state index contributed by atoms with van der Waals surface area (Å²) >= 11 is 0. The fourth-order valence-corrected chi connectivity index (χ4v) is 2.87. The first-order chi connectivity index (χ1) is 6.25. The highest BCUT2D eigenvalue weighted by molar-refractivity contribution is 4.94. The van der Waals surface area contributed by atoms with E-state index in [0.717, 1.165) is 0 Å². The molecule has 1 rings (SSSR count). The third kappa shape index (κ3) is 2.12. The third-order valence-corrected chi connectivity index (χ3v) is 3.42. The predicted molar refractivity (Wildman–Crippen MR) is 62.3 cm³/mol. The van der Waals surface area contributed by atoms with Crippen molar-refractivity contribution in [1.82, 2.24) is 9.80 Å². The highest BCUT2D eigenvalue weighted by Gasteiger charge is 2.41. The summed E-state index contributed by atoms with van der Waals surface area (Å²) < 4.78 is 0. The Morgan fingerprint density at radius 1 is 1.14 bits per heavy atom. The van der Waals surface area contributed by atoms with Crippen LogP contribution in [0.3, 0.4) is 0 Å². The minimum Gasteiger partial charge on any atom is -0.289 e. The zero-order chi connectivity index (χ0) is 11.1. The van der Waals surface area contributed by atoms with Gasteiger partial charge in [0.2, 0.25) is 0 Å². The van der Waals surface area contributed by atoms with Crippen molar-refractivity contribution in [3.05, 3.63) is 0 Å². The molecule has 84 valence electrons. The van der Waals surface area contributed by atoms with E-state index in [2.05, 4.69) is 58.5 Å². The maximum atomic E-state index is 2.55.